The number of carbonyl (C=O) groups excluding carboxylic acids is 1. The van der Waals surface area contributed by atoms with Gasteiger partial charge in [-0.2, -0.15) is 0 Å². The van der Waals surface area contributed by atoms with Crippen LogP contribution in [-0.2, 0) is 6.54 Å². The summed E-state index contributed by atoms with van der Waals surface area (Å²) in [4.78, 5) is 25.8. The summed E-state index contributed by atoms with van der Waals surface area (Å²) in [5.41, 5.74) is 0.600. The lowest BCUT2D eigenvalue weighted by Crippen LogP contribution is -2.46. The van der Waals surface area contributed by atoms with E-state index in [1.165, 1.54) is 10.8 Å². The molecule has 0 spiro atoms. The molecule has 1 atom stereocenters. The number of halogens is 1. The standard InChI is InChI=1S/C13H12ClN5O4/c14-8-1-3-9(4-2-8)15-12(20)16-10-5-18-6-11(19(21)22)17-13(18)23-7-10/h1-4,6,10H,5,7H2,(H2,15,16,20)/t10-/m0/s1. The number of ether oxygens (including phenoxy) is 1. The average molecular weight is 338 g/mol. The van der Waals surface area contributed by atoms with E-state index < -0.39 is 11.0 Å². The molecule has 1 aliphatic rings. The molecule has 0 unspecified atom stereocenters. The van der Waals surface area contributed by atoms with Gasteiger partial charge in [0.1, 0.15) is 12.8 Å². The van der Waals surface area contributed by atoms with Gasteiger partial charge in [-0.3, -0.25) is 4.57 Å². The number of aromatic nitrogens is 2. The third-order valence-corrected chi connectivity index (χ3v) is 3.43. The molecule has 1 aromatic carbocycles. The topological polar surface area (TPSA) is 111 Å². The van der Waals surface area contributed by atoms with Gasteiger partial charge in [0, 0.05) is 15.7 Å². The molecule has 2 N–H and O–H groups in total. The Kier molecular flexibility index (Phi) is 4.02. The Hall–Kier alpha value is -2.81. The second-order valence-corrected chi connectivity index (χ2v) is 5.34. The molecule has 2 aromatic rings. The Balaban J connectivity index is 1.59. The van der Waals surface area contributed by atoms with Crippen molar-refractivity contribution in [3.63, 3.8) is 0 Å². The van der Waals surface area contributed by atoms with Crippen molar-refractivity contribution < 1.29 is 14.5 Å². The van der Waals surface area contributed by atoms with Crippen LogP contribution in [0.4, 0.5) is 16.3 Å². The minimum absolute atomic E-state index is 0.174. The molecule has 2 heterocycles. The van der Waals surface area contributed by atoms with Crippen LogP contribution >= 0.6 is 11.6 Å². The third kappa shape index (κ3) is 3.51. The maximum absolute atomic E-state index is 11.9. The molecule has 0 fully saturated rings. The van der Waals surface area contributed by atoms with E-state index in [1.807, 2.05) is 0 Å². The van der Waals surface area contributed by atoms with Gasteiger partial charge in [-0.25, -0.2) is 4.79 Å². The van der Waals surface area contributed by atoms with Gasteiger partial charge in [0.05, 0.1) is 12.6 Å². The number of amides is 2. The number of nitrogens with zero attached hydrogens (tertiary/aromatic N) is 3. The average Bonchev–Trinajstić information content (AvgIpc) is 2.93. The quantitative estimate of drug-likeness (QED) is 0.657. The first-order valence-corrected chi connectivity index (χ1v) is 7.06. The maximum Gasteiger partial charge on any atom is 0.414 e. The van der Waals surface area contributed by atoms with Crippen LogP contribution in [0.2, 0.25) is 5.02 Å². The summed E-state index contributed by atoms with van der Waals surface area (Å²) in [6.45, 7) is 0.520. The fourth-order valence-corrected chi connectivity index (χ4v) is 2.28. The Bertz CT molecular complexity index is 745. The largest absolute Gasteiger partial charge is 0.444 e. The summed E-state index contributed by atoms with van der Waals surface area (Å²) < 4.78 is 6.82. The van der Waals surface area contributed by atoms with Crippen molar-refractivity contribution in [1.82, 2.24) is 14.9 Å². The number of benzene rings is 1. The van der Waals surface area contributed by atoms with Gasteiger partial charge in [-0.15, -0.1) is 0 Å². The highest BCUT2D eigenvalue weighted by Gasteiger charge is 2.28. The second-order valence-electron chi connectivity index (χ2n) is 4.90. The van der Waals surface area contributed by atoms with Gasteiger partial charge < -0.3 is 25.5 Å². The van der Waals surface area contributed by atoms with E-state index >= 15 is 0 Å². The van der Waals surface area contributed by atoms with Crippen molar-refractivity contribution in [2.45, 2.75) is 12.6 Å². The van der Waals surface area contributed by atoms with Crippen molar-refractivity contribution >= 4 is 29.1 Å². The number of nitrogens with one attached hydrogen (secondary N) is 2. The number of hydrogen-bond acceptors (Lipinski definition) is 5. The zero-order valence-corrected chi connectivity index (χ0v) is 12.5. The molecule has 0 saturated carbocycles. The van der Waals surface area contributed by atoms with Crippen LogP contribution in [0.25, 0.3) is 0 Å². The lowest BCUT2D eigenvalue weighted by molar-refractivity contribution is -0.389. The fraction of sp³-hybridized carbons (Fsp3) is 0.231. The molecule has 0 aliphatic carbocycles. The lowest BCUT2D eigenvalue weighted by Gasteiger charge is -2.23. The normalized spacial score (nSPS) is 16.1. The molecular formula is C13H12ClN5O4. The Morgan fingerprint density at radius 1 is 1.43 bits per heavy atom. The molecule has 1 aromatic heterocycles. The van der Waals surface area contributed by atoms with Crippen LogP contribution in [-0.4, -0.2) is 33.2 Å². The van der Waals surface area contributed by atoms with Gasteiger partial charge in [-0.1, -0.05) is 11.6 Å². The summed E-state index contributed by atoms with van der Waals surface area (Å²) in [6, 6.07) is 6.12. The van der Waals surface area contributed by atoms with E-state index in [4.69, 9.17) is 16.3 Å². The molecule has 0 bridgehead atoms. The number of imidazole rings is 1. The monoisotopic (exact) mass is 337 g/mol. The van der Waals surface area contributed by atoms with Crippen LogP contribution in [0.15, 0.2) is 30.5 Å². The minimum Gasteiger partial charge on any atom is -0.444 e. The van der Waals surface area contributed by atoms with E-state index in [0.29, 0.717) is 17.3 Å². The van der Waals surface area contributed by atoms with Crippen molar-refractivity contribution in [2.75, 3.05) is 11.9 Å². The number of nitro groups is 1. The number of urea groups is 1. The molecule has 23 heavy (non-hydrogen) atoms. The van der Waals surface area contributed by atoms with E-state index in [2.05, 4.69) is 15.6 Å². The number of anilines is 1. The summed E-state index contributed by atoms with van der Waals surface area (Å²) in [6.07, 6.45) is 1.28. The Morgan fingerprint density at radius 2 is 2.17 bits per heavy atom. The van der Waals surface area contributed by atoms with Crippen molar-refractivity contribution in [1.29, 1.82) is 0 Å². The summed E-state index contributed by atoms with van der Waals surface area (Å²) in [7, 11) is 0. The molecule has 10 heteroatoms. The zero-order valence-electron chi connectivity index (χ0n) is 11.7. The number of carbonyl (C=O) groups is 1. The van der Waals surface area contributed by atoms with Gasteiger partial charge in [0.2, 0.25) is 0 Å². The van der Waals surface area contributed by atoms with Gasteiger partial charge in [0.15, 0.2) is 0 Å². The highest BCUT2D eigenvalue weighted by Crippen LogP contribution is 2.21. The first kappa shape index (κ1) is 15.1. The number of hydrogen-bond donors (Lipinski definition) is 2. The molecule has 0 saturated heterocycles. The third-order valence-electron chi connectivity index (χ3n) is 3.18. The highest BCUT2D eigenvalue weighted by molar-refractivity contribution is 6.30. The SMILES string of the molecule is O=C(Nc1ccc(Cl)cc1)N[C@@H]1COc2nc([N+](=O)[O-])cn2C1. The molecule has 3 rings (SSSR count). The van der Waals surface area contributed by atoms with E-state index in [9.17, 15) is 14.9 Å². The zero-order chi connectivity index (χ0) is 16.4. The summed E-state index contributed by atoms with van der Waals surface area (Å²) >= 11 is 5.77. The predicted octanol–water partition coefficient (Wildman–Crippen LogP) is 2.03. The predicted molar refractivity (Wildman–Crippen MR) is 81.8 cm³/mol. The van der Waals surface area contributed by atoms with E-state index in [1.54, 1.807) is 24.3 Å². The molecular weight excluding hydrogens is 326 g/mol. The van der Waals surface area contributed by atoms with Crippen LogP contribution < -0.4 is 15.4 Å². The molecule has 9 nitrogen and oxygen atoms in total. The van der Waals surface area contributed by atoms with Crippen molar-refractivity contribution in [3.05, 3.63) is 45.6 Å². The maximum atomic E-state index is 11.9. The van der Waals surface area contributed by atoms with Gasteiger partial charge in [-0.05, 0) is 29.2 Å². The molecule has 120 valence electrons. The number of rotatable bonds is 3. The summed E-state index contributed by atoms with van der Waals surface area (Å²) in [5.74, 6) is -0.286. The summed E-state index contributed by atoms with van der Waals surface area (Å²) in [5, 5.41) is 16.7. The lowest BCUT2D eigenvalue weighted by atomic mass is 10.3. The van der Waals surface area contributed by atoms with Crippen molar-refractivity contribution in [3.8, 4) is 6.01 Å². The highest BCUT2D eigenvalue weighted by atomic mass is 35.5. The Labute approximate surface area is 135 Å². The van der Waals surface area contributed by atoms with Crippen LogP contribution in [0.5, 0.6) is 6.01 Å². The van der Waals surface area contributed by atoms with Crippen LogP contribution in [0, 0.1) is 10.1 Å². The van der Waals surface area contributed by atoms with Gasteiger partial charge >= 0.3 is 17.9 Å². The smallest absolute Gasteiger partial charge is 0.414 e. The van der Waals surface area contributed by atoms with Crippen LogP contribution in [0.3, 0.4) is 0 Å². The van der Waals surface area contributed by atoms with Gasteiger partial charge in [0.25, 0.3) is 0 Å². The fourth-order valence-electron chi connectivity index (χ4n) is 2.16. The van der Waals surface area contributed by atoms with Crippen LogP contribution in [0.1, 0.15) is 0 Å². The van der Waals surface area contributed by atoms with E-state index in [-0.39, 0.29) is 24.5 Å². The van der Waals surface area contributed by atoms with E-state index in [0.717, 1.165) is 0 Å². The molecule has 0 radical (unpaired) electrons. The Morgan fingerprint density at radius 3 is 2.87 bits per heavy atom. The number of fused-ring (bicyclic) bond motifs is 1. The minimum atomic E-state index is -0.593. The molecule has 1 aliphatic heterocycles. The van der Waals surface area contributed by atoms with Crippen molar-refractivity contribution in [2.24, 2.45) is 0 Å². The molecule has 2 amide bonds. The first-order chi connectivity index (χ1) is 11.0. The first-order valence-electron chi connectivity index (χ1n) is 6.69. The second kappa shape index (κ2) is 6.13.